The molecule has 0 aromatic heterocycles. The first-order chi connectivity index (χ1) is 4.37. The summed E-state index contributed by atoms with van der Waals surface area (Å²) in [4.78, 5) is 0. The average molecular weight is 122 g/mol. The lowest BCUT2D eigenvalue weighted by molar-refractivity contribution is 0.335. The average Bonchev–Trinajstić information content (AvgIpc) is 2.62. The summed E-state index contributed by atoms with van der Waals surface area (Å²) in [5.41, 5.74) is 0.120. The molecule has 0 aromatic carbocycles. The lowest BCUT2D eigenvalue weighted by atomic mass is 9.98. The molecule has 0 radical (unpaired) electrons. The number of hydrogen-bond donors (Lipinski definition) is 0. The molecule has 2 aliphatic rings. The highest BCUT2D eigenvalue weighted by atomic mass is 16.6. The van der Waals surface area contributed by atoms with Crippen LogP contribution in [0.4, 0.5) is 0 Å². The molecule has 1 saturated heterocycles. The molecule has 0 spiro atoms. The zero-order chi connectivity index (χ0) is 6.32. The third-order valence-corrected chi connectivity index (χ3v) is 2.10. The normalized spacial score (nSPS) is 44.8. The minimum Gasteiger partial charge on any atom is -0.357 e. The van der Waals surface area contributed by atoms with Crippen LogP contribution in [-0.2, 0) is 4.74 Å². The molecule has 0 aromatic rings. The smallest absolute Gasteiger partial charge is 0.117 e. The quantitative estimate of drug-likeness (QED) is 0.482. The van der Waals surface area contributed by atoms with Crippen LogP contribution < -0.4 is 0 Å². The first-order valence-electron chi connectivity index (χ1n) is 3.41. The Balaban J connectivity index is 2.23. The van der Waals surface area contributed by atoms with Crippen molar-refractivity contribution in [3.8, 4) is 0 Å². The molecule has 1 aliphatic carbocycles. The Bertz CT molecular complexity index is 181. The van der Waals surface area contributed by atoms with Gasteiger partial charge in [0.1, 0.15) is 11.7 Å². The van der Waals surface area contributed by atoms with Crippen molar-refractivity contribution >= 4 is 0 Å². The van der Waals surface area contributed by atoms with E-state index in [4.69, 9.17) is 4.74 Å². The third kappa shape index (κ3) is 0.583. The van der Waals surface area contributed by atoms with Crippen LogP contribution in [0.1, 0.15) is 13.3 Å². The third-order valence-electron chi connectivity index (χ3n) is 2.10. The number of allylic oxidation sites excluding steroid dienone is 2. The van der Waals surface area contributed by atoms with Crippen molar-refractivity contribution in [3.05, 3.63) is 24.3 Å². The van der Waals surface area contributed by atoms with Crippen LogP contribution in [0.15, 0.2) is 24.3 Å². The maximum Gasteiger partial charge on any atom is 0.117 e. The van der Waals surface area contributed by atoms with Crippen molar-refractivity contribution in [1.82, 2.24) is 0 Å². The van der Waals surface area contributed by atoms with Gasteiger partial charge in [0.2, 0.25) is 0 Å². The Morgan fingerprint density at radius 1 is 1.56 bits per heavy atom. The minimum atomic E-state index is 0.120. The molecule has 1 aliphatic heterocycles. The molecule has 9 heavy (non-hydrogen) atoms. The van der Waals surface area contributed by atoms with E-state index in [9.17, 15) is 0 Å². The van der Waals surface area contributed by atoms with Gasteiger partial charge in [0.25, 0.3) is 0 Å². The zero-order valence-corrected chi connectivity index (χ0v) is 5.50. The van der Waals surface area contributed by atoms with Crippen LogP contribution >= 0.6 is 0 Å². The highest BCUT2D eigenvalue weighted by Crippen LogP contribution is 2.43. The van der Waals surface area contributed by atoms with E-state index >= 15 is 0 Å². The molecule has 0 bridgehead atoms. The largest absolute Gasteiger partial charge is 0.357 e. The van der Waals surface area contributed by atoms with E-state index in [0.29, 0.717) is 6.10 Å². The van der Waals surface area contributed by atoms with E-state index in [1.54, 1.807) is 0 Å². The van der Waals surface area contributed by atoms with Gasteiger partial charge < -0.3 is 4.74 Å². The van der Waals surface area contributed by atoms with Gasteiger partial charge in [-0.2, -0.15) is 0 Å². The second kappa shape index (κ2) is 1.48. The van der Waals surface area contributed by atoms with Crippen molar-refractivity contribution in [2.45, 2.75) is 25.0 Å². The number of hydrogen-bond acceptors (Lipinski definition) is 1. The highest BCUT2D eigenvalue weighted by molar-refractivity contribution is 5.30. The Kier molecular flexibility index (Phi) is 0.862. The number of fused-ring (bicyclic) bond motifs is 1. The summed E-state index contributed by atoms with van der Waals surface area (Å²) in [5, 5.41) is 0. The van der Waals surface area contributed by atoms with Gasteiger partial charge in [0, 0.05) is 0 Å². The van der Waals surface area contributed by atoms with Crippen LogP contribution in [0.25, 0.3) is 0 Å². The van der Waals surface area contributed by atoms with E-state index in [-0.39, 0.29) is 5.60 Å². The molecule has 48 valence electrons. The van der Waals surface area contributed by atoms with E-state index in [1.807, 2.05) is 6.08 Å². The Morgan fingerprint density at radius 3 is 3.00 bits per heavy atom. The van der Waals surface area contributed by atoms with Crippen molar-refractivity contribution in [1.29, 1.82) is 0 Å². The summed E-state index contributed by atoms with van der Waals surface area (Å²) >= 11 is 0. The highest BCUT2D eigenvalue weighted by Gasteiger charge is 2.51. The molecule has 2 atom stereocenters. The van der Waals surface area contributed by atoms with Gasteiger partial charge >= 0.3 is 0 Å². The number of ether oxygens (including phenoxy) is 1. The van der Waals surface area contributed by atoms with Crippen LogP contribution in [-0.4, -0.2) is 11.7 Å². The predicted molar refractivity (Wildman–Crippen MR) is 36.2 cm³/mol. The summed E-state index contributed by atoms with van der Waals surface area (Å²) in [6.45, 7) is 2.16. The molecule has 1 fully saturated rings. The molecule has 2 unspecified atom stereocenters. The molecule has 1 nitrogen and oxygen atoms in total. The first kappa shape index (κ1) is 5.24. The van der Waals surface area contributed by atoms with E-state index in [1.165, 1.54) is 0 Å². The van der Waals surface area contributed by atoms with E-state index in [0.717, 1.165) is 6.42 Å². The van der Waals surface area contributed by atoms with Gasteiger partial charge in [0.05, 0.1) is 0 Å². The predicted octanol–water partition coefficient (Wildman–Crippen LogP) is 1.66. The maximum absolute atomic E-state index is 5.44. The fourth-order valence-corrected chi connectivity index (χ4v) is 1.32. The molecular formula is C8H10O. The Hall–Kier alpha value is -0.560. The second-order valence-electron chi connectivity index (χ2n) is 2.59. The first-order valence-corrected chi connectivity index (χ1v) is 3.41. The lowest BCUT2D eigenvalue weighted by Crippen LogP contribution is -2.09. The van der Waals surface area contributed by atoms with Crippen molar-refractivity contribution in [3.63, 3.8) is 0 Å². The summed E-state index contributed by atoms with van der Waals surface area (Å²) in [7, 11) is 0. The molecule has 1 heteroatoms. The molecule has 2 rings (SSSR count). The Morgan fingerprint density at radius 2 is 2.44 bits per heavy atom. The van der Waals surface area contributed by atoms with Crippen molar-refractivity contribution in [2.24, 2.45) is 0 Å². The summed E-state index contributed by atoms with van der Waals surface area (Å²) in [6.07, 6.45) is 9.87. The topological polar surface area (TPSA) is 12.5 Å². The molecule has 0 saturated carbocycles. The van der Waals surface area contributed by atoms with Gasteiger partial charge in [-0.25, -0.2) is 0 Å². The Labute approximate surface area is 55.0 Å². The monoisotopic (exact) mass is 122 g/mol. The van der Waals surface area contributed by atoms with Crippen LogP contribution in [0.3, 0.4) is 0 Å². The number of epoxide rings is 1. The van der Waals surface area contributed by atoms with Crippen molar-refractivity contribution < 1.29 is 4.74 Å². The zero-order valence-electron chi connectivity index (χ0n) is 5.50. The van der Waals surface area contributed by atoms with Gasteiger partial charge in [-0.1, -0.05) is 25.2 Å². The van der Waals surface area contributed by atoms with Gasteiger partial charge in [0.15, 0.2) is 0 Å². The fourth-order valence-electron chi connectivity index (χ4n) is 1.32. The van der Waals surface area contributed by atoms with E-state index < -0.39 is 0 Å². The summed E-state index contributed by atoms with van der Waals surface area (Å²) in [6, 6.07) is 0. The molecule has 0 amide bonds. The standard InChI is InChI=1S/C8H10O/c1-2-8-6-4-3-5-7(8)9-8/h3-7H,2H2,1H3. The lowest BCUT2D eigenvalue weighted by Gasteiger charge is -2.02. The fraction of sp³-hybridized carbons (Fsp3) is 0.500. The number of rotatable bonds is 1. The molecule has 1 heterocycles. The summed E-state index contributed by atoms with van der Waals surface area (Å²) < 4.78 is 5.44. The van der Waals surface area contributed by atoms with E-state index in [2.05, 4.69) is 25.2 Å². The second-order valence-corrected chi connectivity index (χ2v) is 2.59. The van der Waals surface area contributed by atoms with Crippen LogP contribution in [0.5, 0.6) is 0 Å². The summed E-state index contributed by atoms with van der Waals surface area (Å²) in [5.74, 6) is 0. The van der Waals surface area contributed by atoms with Crippen LogP contribution in [0.2, 0.25) is 0 Å². The van der Waals surface area contributed by atoms with Gasteiger partial charge in [-0.3, -0.25) is 0 Å². The maximum atomic E-state index is 5.44. The van der Waals surface area contributed by atoms with Gasteiger partial charge in [-0.05, 0) is 12.5 Å². The van der Waals surface area contributed by atoms with Crippen molar-refractivity contribution in [2.75, 3.05) is 0 Å². The van der Waals surface area contributed by atoms with Gasteiger partial charge in [-0.15, -0.1) is 0 Å². The molecular weight excluding hydrogens is 112 g/mol. The molecule has 0 N–H and O–H groups in total. The minimum absolute atomic E-state index is 0.120. The van der Waals surface area contributed by atoms with Crippen LogP contribution in [0, 0.1) is 0 Å². The SMILES string of the molecule is CCC12C=CC=CC1O2.